The first kappa shape index (κ1) is 10.5. The molecule has 0 fully saturated rings. The van der Waals surface area contributed by atoms with Gasteiger partial charge in [-0.25, -0.2) is 15.2 Å². The van der Waals surface area contributed by atoms with Gasteiger partial charge in [-0.1, -0.05) is 12.1 Å². The molecule has 0 aliphatic carbocycles. The first-order valence-electron chi connectivity index (χ1n) is 4.19. The molecular formula is C9H13FN4. The Kier molecular flexibility index (Phi) is 3.41. The molecule has 5 heteroatoms. The summed E-state index contributed by atoms with van der Waals surface area (Å²) in [7, 11) is 0. The summed E-state index contributed by atoms with van der Waals surface area (Å²) in [5.41, 5.74) is 8.34. The Balaban J connectivity index is 2.84. The molecule has 1 rings (SSSR count). The van der Waals surface area contributed by atoms with E-state index in [9.17, 15) is 4.39 Å². The van der Waals surface area contributed by atoms with E-state index in [0.29, 0.717) is 0 Å². The molecule has 4 nitrogen and oxygen atoms in total. The van der Waals surface area contributed by atoms with Crippen LogP contribution < -0.4 is 17.0 Å². The van der Waals surface area contributed by atoms with Crippen molar-refractivity contribution in [3.05, 3.63) is 35.6 Å². The standard InChI is InChI=1S/C9H13FN4/c1-6(13-9(11)14-12)7-3-2-4-8(10)5-7/h2-6H,12H2,1H3,(H3,11,13,14). The van der Waals surface area contributed by atoms with Crippen molar-refractivity contribution in [1.82, 2.24) is 5.43 Å². The molecule has 0 spiro atoms. The molecule has 0 amide bonds. The summed E-state index contributed by atoms with van der Waals surface area (Å²) in [5, 5.41) is 0. The van der Waals surface area contributed by atoms with Crippen LogP contribution in [0.3, 0.4) is 0 Å². The van der Waals surface area contributed by atoms with E-state index in [1.54, 1.807) is 19.1 Å². The van der Waals surface area contributed by atoms with Gasteiger partial charge in [0, 0.05) is 0 Å². The number of nitrogens with two attached hydrogens (primary N) is 2. The maximum absolute atomic E-state index is 12.8. The van der Waals surface area contributed by atoms with E-state index in [2.05, 4.69) is 10.4 Å². The number of aliphatic imine (C=N–C) groups is 1. The Hall–Kier alpha value is -1.62. The lowest BCUT2D eigenvalue weighted by Crippen LogP contribution is -2.37. The largest absolute Gasteiger partial charge is 0.369 e. The molecule has 0 bridgehead atoms. The molecular weight excluding hydrogens is 183 g/mol. The Labute approximate surface area is 81.8 Å². The van der Waals surface area contributed by atoms with Gasteiger partial charge in [0.25, 0.3) is 0 Å². The Morgan fingerprint density at radius 1 is 1.57 bits per heavy atom. The van der Waals surface area contributed by atoms with Gasteiger partial charge < -0.3 is 5.73 Å². The third kappa shape index (κ3) is 2.70. The van der Waals surface area contributed by atoms with Crippen molar-refractivity contribution < 1.29 is 4.39 Å². The molecule has 1 aromatic carbocycles. The van der Waals surface area contributed by atoms with Crippen LogP contribution in [0.1, 0.15) is 18.5 Å². The van der Waals surface area contributed by atoms with Crippen molar-refractivity contribution in [2.24, 2.45) is 16.6 Å². The van der Waals surface area contributed by atoms with Gasteiger partial charge in [-0.3, -0.25) is 5.43 Å². The maximum atomic E-state index is 12.8. The molecule has 0 aliphatic heterocycles. The first-order valence-corrected chi connectivity index (χ1v) is 4.19. The van der Waals surface area contributed by atoms with E-state index in [-0.39, 0.29) is 17.8 Å². The van der Waals surface area contributed by atoms with Crippen molar-refractivity contribution in [1.29, 1.82) is 0 Å². The fourth-order valence-corrected chi connectivity index (χ4v) is 1.09. The highest BCUT2D eigenvalue weighted by Gasteiger charge is 2.04. The van der Waals surface area contributed by atoms with Crippen LogP contribution in [0, 0.1) is 5.82 Å². The van der Waals surface area contributed by atoms with Crippen LogP contribution in [0.15, 0.2) is 29.3 Å². The summed E-state index contributed by atoms with van der Waals surface area (Å²) >= 11 is 0. The summed E-state index contributed by atoms with van der Waals surface area (Å²) in [6, 6.07) is 5.98. The topological polar surface area (TPSA) is 76.4 Å². The number of nitrogens with zero attached hydrogens (tertiary/aromatic N) is 1. The predicted octanol–water partition coefficient (Wildman–Crippen LogP) is 0.665. The van der Waals surface area contributed by atoms with E-state index >= 15 is 0 Å². The number of nitrogens with one attached hydrogen (secondary N) is 1. The van der Waals surface area contributed by atoms with Crippen molar-refractivity contribution in [3.63, 3.8) is 0 Å². The summed E-state index contributed by atoms with van der Waals surface area (Å²) in [6.45, 7) is 1.80. The van der Waals surface area contributed by atoms with Crippen LogP contribution >= 0.6 is 0 Å². The summed E-state index contributed by atoms with van der Waals surface area (Å²) in [5.74, 6) is 4.89. The molecule has 0 aliphatic rings. The SMILES string of the molecule is CC(N=C(N)NN)c1cccc(F)c1. The number of benzene rings is 1. The zero-order valence-electron chi connectivity index (χ0n) is 7.87. The average molecular weight is 196 g/mol. The first-order chi connectivity index (χ1) is 6.63. The Morgan fingerprint density at radius 2 is 2.29 bits per heavy atom. The smallest absolute Gasteiger partial charge is 0.203 e. The highest BCUT2D eigenvalue weighted by Crippen LogP contribution is 2.16. The highest BCUT2D eigenvalue weighted by atomic mass is 19.1. The zero-order chi connectivity index (χ0) is 10.6. The molecule has 0 saturated carbocycles. The predicted molar refractivity (Wildman–Crippen MR) is 53.8 cm³/mol. The lowest BCUT2D eigenvalue weighted by Gasteiger charge is -2.07. The molecule has 5 N–H and O–H groups in total. The van der Waals surface area contributed by atoms with Gasteiger partial charge in [-0.2, -0.15) is 0 Å². The lowest BCUT2D eigenvalue weighted by molar-refractivity contribution is 0.622. The van der Waals surface area contributed by atoms with E-state index in [1.807, 2.05) is 0 Å². The van der Waals surface area contributed by atoms with Gasteiger partial charge in [0.15, 0.2) is 0 Å². The summed E-state index contributed by atoms with van der Waals surface area (Å²) < 4.78 is 12.8. The Bertz CT molecular complexity index is 337. The molecule has 0 radical (unpaired) electrons. The average Bonchev–Trinajstić information content (AvgIpc) is 2.17. The number of hydrogen-bond donors (Lipinski definition) is 3. The van der Waals surface area contributed by atoms with Crippen LogP contribution in [0.25, 0.3) is 0 Å². The van der Waals surface area contributed by atoms with Crippen LogP contribution in [-0.4, -0.2) is 5.96 Å². The number of rotatable bonds is 2. The van der Waals surface area contributed by atoms with Crippen molar-refractivity contribution in [2.45, 2.75) is 13.0 Å². The molecule has 1 unspecified atom stereocenters. The van der Waals surface area contributed by atoms with Crippen molar-refractivity contribution in [2.75, 3.05) is 0 Å². The second-order valence-corrected chi connectivity index (χ2v) is 2.89. The van der Waals surface area contributed by atoms with Gasteiger partial charge in [0.05, 0.1) is 6.04 Å². The highest BCUT2D eigenvalue weighted by molar-refractivity contribution is 5.77. The van der Waals surface area contributed by atoms with Gasteiger partial charge in [-0.15, -0.1) is 0 Å². The Morgan fingerprint density at radius 3 is 2.86 bits per heavy atom. The molecule has 0 aromatic heterocycles. The zero-order valence-corrected chi connectivity index (χ0v) is 7.87. The van der Waals surface area contributed by atoms with Gasteiger partial charge in [0.2, 0.25) is 5.96 Å². The maximum Gasteiger partial charge on any atom is 0.203 e. The van der Waals surface area contributed by atoms with Crippen LogP contribution in [0.5, 0.6) is 0 Å². The van der Waals surface area contributed by atoms with Crippen molar-refractivity contribution >= 4 is 5.96 Å². The minimum atomic E-state index is -0.288. The minimum absolute atomic E-state index is 0.127. The van der Waals surface area contributed by atoms with Gasteiger partial charge in [-0.05, 0) is 24.6 Å². The molecule has 76 valence electrons. The van der Waals surface area contributed by atoms with Crippen LogP contribution in [-0.2, 0) is 0 Å². The van der Waals surface area contributed by atoms with Crippen LogP contribution in [0.2, 0.25) is 0 Å². The van der Waals surface area contributed by atoms with Crippen LogP contribution in [0.4, 0.5) is 4.39 Å². The molecule has 14 heavy (non-hydrogen) atoms. The summed E-state index contributed by atoms with van der Waals surface area (Å²) in [4.78, 5) is 4.00. The third-order valence-electron chi connectivity index (χ3n) is 1.81. The number of guanidine groups is 1. The fraction of sp³-hybridized carbons (Fsp3) is 0.222. The molecule has 1 atom stereocenters. The molecule has 0 heterocycles. The second kappa shape index (κ2) is 4.57. The number of hydrazine groups is 1. The monoisotopic (exact) mass is 196 g/mol. The van der Waals surface area contributed by atoms with E-state index < -0.39 is 0 Å². The molecule has 0 saturated heterocycles. The van der Waals surface area contributed by atoms with Gasteiger partial charge in [0.1, 0.15) is 5.82 Å². The fourth-order valence-electron chi connectivity index (χ4n) is 1.09. The van der Waals surface area contributed by atoms with Crippen molar-refractivity contribution in [3.8, 4) is 0 Å². The van der Waals surface area contributed by atoms with E-state index in [4.69, 9.17) is 11.6 Å². The summed E-state index contributed by atoms with van der Waals surface area (Å²) in [6.07, 6.45) is 0. The number of halogens is 1. The quantitative estimate of drug-likeness (QED) is 0.281. The second-order valence-electron chi connectivity index (χ2n) is 2.89. The molecule has 1 aromatic rings. The lowest BCUT2D eigenvalue weighted by atomic mass is 10.1. The normalized spacial score (nSPS) is 13.8. The van der Waals surface area contributed by atoms with Gasteiger partial charge >= 0.3 is 0 Å². The van der Waals surface area contributed by atoms with E-state index in [0.717, 1.165) is 5.56 Å². The number of hydrogen-bond acceptors (Lipinski definition) is 2. The van der Waals surface area contributed by atoms with E-state index in [1.165, 1.54) is 12.1 Å². The third-order valence-corrected chi connectivity index (χ3v) is 1.81. The minimum Gasteiger partial charge on any atom is -0.369 e.